The number of carboxylic acids is 1. The van der Waals surface area contributed by atoms with E-state index in [-0.39, 0.29) is 18.1 Å². The fraction of sp³-hybridized carbons (Fsp3) is 0.818. The molecule has 0 fully saturated rings. The summed E-state index contributed by atoms with van der Waals surface area (Å²) in [6, 6.07) is -0.299. The lowest BCUT2D eigenvalue weighted by Gasteiger charge is -2.26. The topological polar surface area (TPSA) is 87.7 Å². The molecule has 17 heavy (non-hydrogen) atoms. The van der Waals surface area contributed by atoms with Crippen LogP contribution in [0.5, 0.6) is 0 Å². The van der Waals surface area contributed by atoms with E-state index in [1.807, 2.05) is 13.8 Å². The second kappa shape index (κ2) is 7.89. The highest BCUT2D eigenvalue weighted by Gasteiger charge is 2.21. The number of nitrogens with one attached hydrogen (secondary N) is 2. The fourth-order valence-corrected chi connectivity index (χ4v) is 1.11. The normalized spacial score (nSPS) is 13.8. The maximum absolute atomic E-state index is 11.3. The molecule has 3 N–H and O–H groups in total. The van der Waals surface area contributed by atoms with Crippen LogP contribution in [0.1, 0.15) is 33.1 Å². The Hall–Kier alpha value is -1.30. The van der Waals surface area contributed by atoms with Gasteiger partial charge >= 0.3 is 12.0 Å². The lowest BCUT2D eigenvalue weighted by molar-refractivity contribution is -0.137. The number of amides is 2. The van der Waals surface area contributed by atoms with Crippen LogP contribution in [0.15, 0.2) is 0 Å². The summed E-state index contributed by atoms with van der Waals surface area (Å²) in [6.45, 7) is 4.67. The number of ether oxygens (including phenoxy) is 1. The highest BCUT2D eigenvalue weighted by Crippen LogP contribution is 2.11. The molecule has 0 radical (unpaired) electrons. The molecule has 0 rings (SSSR count). The minimum Gasteiger partial charge on any atom is -0.481 e. The number of methoxy groups -OCH3 is 1. The molecule has 6 nitrogen and oxygen atoms in total. The maximum atomic E-state index is 11.3. The molecule has 0 spiro atoms. The van der Waals surface area contributed by atoms with Crippen LogP contribution in [0.25, 0.3) is 0 Å². The molecule has 0 aromatic rings. The predicted octanol–water partition coefficient (Wildman–Crippen LogP) is 0.965. The standard InChI is InChI=1S/C11H22N2O4/c1-4-11(2,17-3)8-13-10(16)12-7-5-6-9(14)15/h4-8H2,1-3H3,(H,14,15)(H2,12,13,16). The van der Waals surface area contributed by atoms with Gasteiger partial charge in [0.1, 0.15) is 0 Å². The summed E-state index contributed by atoms with van der Waals surface area (Å²) in [6.07, 6.45) is 1.28. The first-order chi connectivity index (χ1) is 7.93. The van der Waals surface area contributed by atoms with Gasteiger partial charge in [0.05, 0.1) is 5.60 Å². The van der Waals surface area contributed by atoms with E-state index < -0.39 is 5.97 Å². The predicted molar refractivity (Wildman–Crippen MR) is 64.0 cm³/mol. The van der Waals surface area contributed by atoms with Gasteiger partial charge in [0.25, 0.3) is 0 Å². The Bertz CT molecular complexity index is 252. The summed E-state index contributed by atoms with van der Waals surface area (Å²) in [5, 5.41) is 13.7. The molecule has 0 aliphatic rings. The van der Waals surface area contributed by atoms with Crippen molar-refractivity contribution < 1.29 is 19.4 Å². The summed E-state index contributed by atoms with van der Waals surface area (Å²) in [5.41, 5.74) is -0.363. The van der Waals surface area contributed by atoms with Crippen molar-refractivity contribution >= 4 is 12.0 Å². The zero-order valence-electron chi connectivity index (χ0n) is 10.7. The van der Waals surface area contributed by atoms with Crippen LogP contribution in [0.4, 0.5) is 4.79 Å². The quantitative estimate of drug-likeness (QED) is 0.557. The Labute approximate surface area is 102 Å². The minimum absolute atomic E-state index is 0.0605. The smallest absolute Gasteiger partial charge is 0.314 e. The average Bonchev–Trinajstić information content (AvgIpc) is 2.31. The summed E-state index contributed by atoms with van der Waals surface area (Å²) in [5.74, 6) is -0.856. The third kappa shape index (κ3) is 7.57. The van der Waals surface area contributed by atoms with E-state index in [0.29, 0.717) is 19.5 Å². The zero-order chi connectivity index (χ0) is 13.3. The molecular weight excluding hydrogens is 224 g/mol. The van der Waals surface area contributed by atoms with E-state index in [1.54, 1.807) is 7.11 Å². The van der Waals surface area contributed by atoms with Crippen molar-refractivity contribution in [3.05, 3.63) is 0 Å². The molecule has 0 saturated carbocycles. The van der Waals surface area contributed by atoms with E-state index in [2.05, 4.69) is 10.6 Å². The van der Waals surface area contributed by atoms with Crippen LogP contribution in [0.2, 0.25) is 0 Å². The first-order valence-electron chi connectivity index (χ1n) is 5.72. The van der Waals surface area contributed by atoms with Crippen LogP contribution in [0.3, 0.4) is 0 Å². The third-order valence-electron chi connectivity index (χ3n) is 2.72. The van der Waals surface area contributed by atoms with Crippen molar-refractivity contribution in [2.45, 2.75) is 38.7 Å². The van der Waals surface area contributed by atoms with Crippen molar-refractivity contribution in [2.75, 3.05) is 20.2 Å². The maximum Gasteiger partial charge on any atom is 0.314 e. The lowest BCUT2D eigenvalue weighted by Crippen LogP contribution is -2.45. The molecule has 2 amide bonds. The molecule has 0 bridgehead atoms. The molecule has 0 heterocycles. The summed E-state index contributed by atoms with van der Waals surface area (Å²) in [4.78, 5) is 21.6. The number of carboxylic acid groups (broad SMARTS) is 1. The van der Waals surface area contributed by atoms with Gasteiger partial charge < -0.3 is 20.5 Å². The average molecular weight is 246 g/mol. The molecule has 0 aromatic carbocycles. The largest absolute Gasteiger partial charge is 0.481 e. The van der Waals surface area contributed by atoms with Gasteiger partial charge in [0.15, 0.2) is 0 Å². The first-order valence-corrected chi connectivity index (χ1v) is 5.72. The van der Waals surface area contributed by atoms with Gasteiger partial charge in [-0.05, 0) is 19.8 Å². The molecular formula is C11H22N2O4. The monoisotopic (exact) mass is 246 g/mol. The van der Waals surface area contributed by atoms with E-state index in [0.717, 1.165) is 6.42 Å². The number of hydrogen-bond acceptors (Lipinski definition) is 3. The molecule has 1 atom stereocenters. The third-order valence-corrected chi connectivity index (χ3v) is 2.72. The Balaban J connectivity index is 3.69. The van der Waals surface area contributed by atoms with Gasteiger partial charge in [0, 0.05) is 26.6 Å². The van der Waals surface area contributed by atoms with Crippen LogP contribution >= 0.6 is 0 Å². The van der Waals surface area contributed by atoms with Gasteiger partial charge in [-0.25, -0.2) is 4.79 Å². The number of aliphatic carboxylic acids is 1. The number of carbonyl (C=O) groups excluding carboxylic acids is 1. The van der Waals surface area contributed by atoms with Crippen LogP contribution < -0.4 is 10.6 Å². The summed E-state index contributed by atoms with van der Waals surface area (Å²) >= 11 is 0. The highest BCUT2D eigenvalue weighted by molar-refractivity contribution is 5.74. The molecule has 0 aromatic heterocycles. The van der Waals surface area contributed by atoms with Crippen molar-refractivity contribution in [2.24, 2.45) is 0 Å². The number of urea groups is 1. The molecule has 0 aliphatic heterocycles. The molecule has 100 valence electrons. The molecule has 1 unspecified atom stereocenters. The van der Waals surface area contributed by atoms with Gasteiger partial charge in [-0.2, -0.15) is 0 Å². The van der Waals surface area contributed by atoms with Crippen molar-refractivity contribution in [1.29, 1.82) is 0 Å². The van der Waals surface area contributed by atoms with Crippen LogP contribution in [0, 0.1) is 0 Å². The fourth-order valence-electron chi connectivity index (χ4n) is 1.11. The van der Waals surface area contributed by atoms with E-state index in [9.17, 15) is 9.59 Å². The summed E-state index contributed by atoms with van der Waals surface area (Å²) in [7, 11) is 1.61. The second-order valence-corrected chi connectivity index (χ2v) is 4.11. The summed E-state index contributed by atoms with van der Waals surface area (Å²) < 4.78 is 5.27. The molecule has 6 heteroatoms. The molecule has 0 aliphatic carbocycles. The lowest BCUT2D eigenvalue weighted by atomic mass is 10.0. The second-order valence-electron chi connectivity index (χ2n) is 4.11. The van der Waals surface area contributed by atoms with Gasteiger partial charge in [0.2, 0.25) is 0 Å². The number of hydrogen-bond donors (Lipinski definition) is 3. The van der Waals surface area contributed by atoms with Crippen LogP contribution in [-0.4, -0.2) is 42.9 Å². The Morgan fingerprint density at radius 3 is 2.47 bits per heavy atom. The SMILES string of the molecule is CCC(C)(CNC(=O)NCCCC(=O)O)OC. The van der Waals surface area contributed by atoms with Crippen LogP contribution in [-0.2, 0) is 9.53 Å². The molecule has 0 saturated heterocycles. The van der Waals surface area contributed by atoms with E-state index in [1.165, 1.54) is 0 Å². The first kappa shape index (κ1) is 15.7. The Morgan fingerprint density at radius 1 is 1.35 bits per heavy atom. The van der Waals surface area contributed by atoms with E-state index >= 15 is 0 Å². The van der Waals surface area contributed by atoms with Crippen molar-refractivity contribution in [3.8, 4) is 0 Å². The zero-order valence-corrected chi connectivity index (χ0v) is 10.7. The highest BCUT2D eigenvalue weighted by atomic mass is 16.5. The van der Waals surface area contributed by atoms with Gasteiger partial charge in [-0.3, -0.25) is 4.79 Å². The number of rotatable bonds is 8. The minimum atomic E-state index is -0.856. The van der Waals surface area contributed by atoms with E-state index in [4.69, 9.17) is 9.84 Å². The van der Waals surface area contributed by atoms with Crippen molar-refractivity contribution in [3.63, 3.8) is 0 Å². The number of carbonyl (C=O) groups is 2. The van der Waals surface area contributed by atoms with Crippen molar-refractivity contribution in [1.82, 2.24) is 10.6 Å². The van der Waals surface area contributed by atoms with Gasteiger partial charge in [-0.15, -0.1) is 0 Å². The Kier molecular flexibility index (Phi) is 7.29. The Morgan fingerprint density at radius 2 is 2.00 bits per heavy atom. The van der Waals surface area contributed by atoms with Gasteiger partial charge in [-0.1, -0.05) is 6.92 Å².